The van der Waals surface area contributed by atoms with Crippen LogP contribution in [0.2, 0.25) is 0 Å². The predicted molar refractivity (Wildman–Crippen MR) is 153 cm³/mol. The average molecular weight is 596 g/mol. The number of anilines is 4. The fraction of sp³-hybridized carbons (Fsp3) is 0.296. The van der Waals surface area contributed by atoms with Crippen molar-refractivity contribution < 1.29 is 14.4 Å². The first-order chi connectivity index (χ1) is 18.9. The van der Waals surface area contributed by atoms with E-state index in [0.29, 0.717) is 66.4 Å². The molecule has 7 N–H and O–H groups in total. The van der Waals surface area contributed by atoms with Crippen molar-refractivity contribution in [3.05, 3.63) is 70.8 Å². The van der Waals surface area contributed by atoms with Gasteiger partial charge in [-0.05, 0) is 59.0 Å². The molecule has 0 saturated carbocycles. The molecule has 2 unspecified atom stereocenters. The van der Waals surface area contributed by atoms with Crippen molar-refractivity contribution in [3.8, 4) is 0 Å². The molecule has 1 saturated heterocycles. The summed E-state index contributed by atoms with van der Waals surface area (Å²) in [7, 11) is 0. The molecule has 2 aromatic carbocycles. The van der Waals surface area contributed by atoms with Crippen LogP contribution in [0.1, 0.15) is 24.8 Å². The van der Waals surface area contributed by atoms with Crippen molar-refractivity contribution in [2.45, 2.75) is 37.8 Å². The first kappa shape index (κ1) is 28.0. The van der Waals surface area contributed by atoms with E-state index in [1.54, 1.807) is 18.3 Å². The van der Waals surface area contributed by atoms with Crippen molar-refractivity contribution in [2.24, 2.45) is 5.73 Å². The fourth-order valence-corrected chi connectivity index (χ4v) is 4.32. The van der Waals surface area contributed by atoms with Crippen LogP contribution in [0.15, 0.2) is 65.3 Å². The van der Waals surface area contributed by atoms with Gasteiger partial charge in [-0.15, -0.1) is 0 Å². The van der Waals surface area contributed by atoms with E-state index >= 15 is 0 Å². The Labute approximate surface area is 234 Å². The summed E-state index contributed by atoms with van der Waals surface area (Å²) < 4.78 is 0.694. The molecule has 3 amide bonds. The maximum Gasteiger partial charge on any atom is 0.242 e. The van der Waals surface area contributed by atoms with Gasteiger partial charge in [0.15, 0.2) is 0 Å². The van der Waals surface area contributed by atoms with Gasteiger partial charge in [-0.2, -0.15) is 4.98 Å². The molecule has 1 aromatic heterocycles. The largest absolute Gasteiger partial charge is 0.369 e. The molecule has 12 heteroatoms. The summed E-state index contributed by atoms with van der Waals surface area (Å²) in [6.07, 6.45) is 3.66. The Bertz CT molecular complexity index is 1310. The van der Waals surface area contributed by atoms with Crippen LogP contribution in [0, 0.1) is 0 Å². The van der Waals surface area contributed by atoms with E-state index in [-0.39, 0.29) is 17.7 Å². The van der Waals surface area contributed by atoms with Crippen LogP contribution in [0.25, 0.3) is 0 Å². The van der Waals surface area contributed by atoms with Gasteiger partial charge >= 0.3 is 0 Å². The third-order valence-corrected chi connectivity index (χ3v) is 6.60. The number of hydrogen-bond acceptors (Lipinski definition) is 8. The van der Waals surface area contributed by atoms with Crippen molar-refractivity contribution in [2.75, 3.05) is 29.0 Å². The predicted octanol–water partition coefficient (Wildman–Crippen LogP) is 2.69. The molecule has 3 aromatic rings. The van der Waals surface area contributed by atoms with E-state index in [4.69, 9.17) is 5.73 Å². The van der Waals surface area contributed by atoms with Gasteiger partial charge in [-0.1, -0.05) is 36.4 Å². The second-order valence-electron chi connectivity index (χ2n) is 9.11. The van der Waals surface area contributed by atoms with Gasteiger partial charge in [0.05, 0.1) is 10.5 Å². The molecule has 2 heterocycles. The molecule has 39 heavy (non-hydrogen) atoms. The van der Waals surface area contributed by atoms with E-state index in [1.165, 1.54) is 0 Å². The summed E-state index contributed by atoms with van der Waals surface area (Å²) in [5.74, 6) is 0.446. The van der Waals surface area contributed by atoms with Crippen molar-refractivity contribution in [3.63, 3.8) is 0 Å². The van der Waals surface area contributed by atoms with Gasteiger partial charge in [0, 0.05) is 37.1 Å². The molecule has 1 aliphatic rings. The van der Waals surface area contributed by atoms with Crippen LogP contribution in [0.5, 0.6) is 0 Å². The summed E-state index contributed by atoms with van der Waals surface area (Å²) in [5, 5.41) is 14.7. The van der Waals surface area contributed by atoms with E-state index in [0.717, 1.165) is 5.56 Å². The molecule has 1 fully saturated rings. The van der Waals surface area contributed by atoms with Gasteiger partial charge in [0.2, 0.25) is 23.7 Å². The number of carbonyl (C=O) groups excluding carboxylic acids is 3. The van der Waals surface area contributed by atoms with E-state index in [2.05, 4.69) is 52.5 Å². The summed E-state index contributed by atoms with van der Waals surface area (Å²) in [6.45, 7) is 1.04. The highest BCUT2D eigenvalue weighted by atomic mass is 79.9. The lowest BCUT2D eigenvalue weighted by molar-refractivity contribution is -0.125. The van der Waals surface area contributed by atoms with Gasteiger partial charge in [-0.25, -0.2) is 4.98 Å². The van der Waals surface area contributed by atoms with Gasteiger partial charge in [0.25, 0.3) is 0 Å². The minimum atomic E-state index is -0.677. The maximum atomic E-state index is 12.6. The molecule has 4 rings (SSSR count). The number of benzene rings is 2. The van der Waals surface area contributed by atoms with Gasteiger partial charge < -0.3 is 32.3 Å². The average Bonchev–Trinajstić information content (AvgIpc) is 3.37. The van der Waals surface area contributed by atoms with Crippen molar-refractivity contribution in [1.29, 1.82) is 0 Å². The van der Waals surface area contributed by atoms with Crippen LogP contribution < -0.4 is 32.3 Å². The third-order valence-electron chi connectivity index (χ3n) is 6.02. The molecule has 11 nitrogen and oxygen atoms in total. The number of halogens is 1. The normalized spacial score (nSPS) is 15.2. The second kappa shape index (κ2) is 13.7. The highest BCUT2D eigenvalue weighted by Gasteiger charge is 2.26. The number of nitrogens with two attached hydrogens (primary N) is 1. The Balaban J connectivity index is 1.25. The highest BCUT2D eigenvalue weighted by Crippen LogP contribution is 2.23. The maximum absolute atomic E-state index is 12.6. The number of nitrogens with zero attached hydrogens (tertiary/aromatic N) is 2. The number of amides is 3. The van der Waals surface area contributed by atoms with Crippen molar-refractivity contribution >= 4 is 56.8 Å². The quantitative estimate of drug-likeness (QED) is 0.174. The zero-order valence-corrected chi connectivity index (χ0v) is 22.8. The molecule has 2 atom stereocenters. The van der Waals surface area contributed by atoms with Crippen LogP contribution in [0.3, 0.4) is 0 Å². The first-order valence-electron chi connectivity index (χ1n) is 12.7. The molecular weight excluding hydrogens is 564 g/mol. The lowest BCUT2D eigenvalue weighted by atomic mass is 10.1. The van der Waals surface area contributed by atoms with Crippen molar-refractivity contribution in [1.82, 2.24) is 20.6 Å². The van der Waals surface area contributed by atoms with E-state index < -0.39 is 12.1 Å². The number of carbonyl (C=O) groups is 3. The molecule has 0 spiro atoms. The van der Waals surface area contributed by atoms with E-state index in [1.807, 2.05) is 42.5 Å². The molecule has 0 radical (unpaired) electrons. The Morgan fingerprint density at radius 1 is 1.10 bits per heavy atom. The minimum Gasteiger partial charge on any atom is -0.369 e. The standard InChI is InChI=1S/C27H31BrN8O3/c28-20-16-32-27(36-24(20)30-12-5-13-31-26(39)22-10-11-23(37)35-22)34-19-9-4-8-18(15-19)33-25(38)21(29)14-17-6-2-1-3-7-17/h1-4,6-9,15-16,21-22H,5,10-14,29H2,(H,31,39)(H,33,38)(H,35,37)(H2,30,32,34,36). The molecule has 0 bridgehead atoms. The fourth-order valence-electron chi connectivity index (χ4n) is 3.99. The first-order valence-corrected chi connectivity index (χ1v) is 13.5. The van der Waals surface area contributed by atoms with Crippen LogP contribution in [0.4, 0.5) is 23.1 Å². The molecule has 0 aliphatic carbocycles. The second-order valence-corrected chi connectivity index (χ2v) is 9.97. The van der Waals surface area contributed by atoms with Crippen LogP contribution in [-0.4, -0.2) is 52.9 Å². The Morgan fingerprint density at radius 2 is 1.90 bits per heavy atom. The number of rotatable bonds is 12. The third kappa shape index (κ3) is 8.48. The zero-order chi connectivity index (χ0) is 27.6. The van der Waals surface area contributed by atoms with Crippen LogP contribution in [-0.2, 0) is 20.8 Å². The molecule has 1 aliphatic heterocycles. The Morgan fingerprint density at radius 3 is 2.67 bits per heavy atom. The summed E-state index contributed by atoms with van der Waals surface area (Å²) >= 11 is 3.45. The minimum absolute atomic E-state index is 0.0886. The van der Waals surface area contributed by atoms with Crippen LogP contribution >= 0.6 is 15.9 Å². The van der Waals surface area contributed by atoms with Gasteiger partial charge in [0.1, 0.15) is 11.9 Å². The number of aromatic nitrogens is 2. The lowest BCUT2D eigenvalue weighted by Gasteiger charge is -2.14. The zero-order valence-electron chi connectivity index (χ0n) is 21.2. The Hall–Kier alpha value is -4.03. The molecule has 204 valence electrons. The lowest BCUT2D eigenvalue weighted by Crippen LogP contribution is -2.42. The molecular formula is C27H31BrN8O3. The summed E-state index contributed by atoms with van der Waals surface area (Å²) in [6, 6.07) is 15.7. The SMILES string of the molecule is NC(Cc1ccccc1)C(=O)Nc1cccc(Nc2ncc(Br)c(NCCCNC(=O)C3CCC(=O)N3)n2)c1. The summed E-state index contributed by atoms with van der Waals surface area (Å²) in [5.41, 5.74) is 8.39. The van der Waals surface area contributed by atoms with E-state index in [9.17, 15) is 14.4 Å². The Kier molecular flexibility index (Phi) is 9.81. The monoisotopic (exact) mass is 594 g/mol. The highest BCUT2D eigenvalue weighted by molar-refractivity contribution is 9.10. The van der Waals surface area contributed by atoms with Gasteiger partial charge in [-0.3, -0.25) is 14.4 Å². The summed E-state index contributed by atoms with van der Waals surface area (Å²) in [4.78, 5) is 44.8. The number of nitrogens with one attached hydrogen (secondary N) is 5. The topological polar surface area (TPSA) is 163 Å². The number of hydrogen-bond donors (Lipinski definition) is 6. The smallest absolute Gasteiger partial charge is 0.242 e.